The average molecular weight is 541 g/mol. The maximum atomic E-state index is 11.2. The quantitative estimate of drug-likeness (QED) is 0.440. The van der Waals surface area contributed by atoms with Crippen LogP contribution in [0.3, 0.4) is 0 Å². The zero-order valence-corrected chi connectivity index (χ0v) is 19.5. The number of esters is 1. The van der Waals surface area contributed by atoms with Crippen LogP contribution in [0.5, 0.6) is 0 Å². The van der Waals surface area contributed by atoms with E-state index in [0.717, 1.165) is 14.5 Å². The van der Waals surface area contributed by atoms with Gasteiger partial charge in [0.25, 0.3) is 0 Å². The Bertz CT molecular complexity index is 827. The van der Waals surface area contributed by atoms with Crippen molar-refractivity contribution in [1.82, 2.24) is 0 Å². The van der Waals surface area contributed by atoms with Gasteiger partial charge in [-0.15, -0.1) is 0 Å². The maximum Gasteiger partial charge on any atom is 0.312 e. The van der Waals surface area contributed by atoms with Crippen molar-refractivity contribution in [2.24, 2.45) is 0 Å². The maximum absolute atomic E-state index is 11.2. The molecule has 2 atom stereocenters. The van der Waals surface area contributed by atoms with Crippen molar-refractivity contribution in [2.75, 3.05) is 7.11 Å². The van der Waals surface area contributed by atoms with E-state index < -0.39 is 11.9 Å². The predicted molar refractivity (Wildman–Crippen MR) is 115 cm³/mol. The number of carboxylic acid groups (broad SMARTS) is 1. The number of hydrogen-bond donors (Lipinski definition) is 1. The number of aliphatic carboxylic acids is 1. The van der Waals surface area contributed by atoms with Crippen molar-refractivity contribution in [3.8, 4) is 0 Å². The van der Waals surface area contributed by atoms with Crippen LogP contribution in [0.4, 0.5) is 0 Å². The molecule has 8 heteroatoms. The van der Waals surface area contributed by atoms with Gasteiger partial charge in [-0.05, 0) is 81.1 Å². The molecule has 1 N–H and O–H groups in total. The van der Waals surface area contributed by atoms with Gasteiger partial charge in [0.2, 0.25) is 0 Å². The molecule has 0 saturated heterocycles. The molecule has 0 aliphatic rings. The Morgan fingerprint density at radius 3 is 1.67 bits per heavy atom. The van der Waals surface area contributed by atoms with Crippen LogP contribution in [0.15, 0.2) is 45.3 Å². The van der Waals surface area contributed by atoms with E-state index in [-0.39, 0.29) is 11.9 Å². The molecule has 2 rings (SSSR count). The Kier molecular flexibility index (Phi) is 9.81. The molecule has 0 aliphatic heterocycles. The molecule has 2 unspecified atom stereocenters. The van der Waals surface area contributed by atoms with E-state index in [4.69, 9.17) is 28.3 Å². The Morgan fingerprint density at radius 1 is 0.926 bits per heavy atom. The number of carbonyl (C=O) groups excluding carboxylic acids is 1. The van der Waals surface area contributed by atoms with Crippen molar-refractivity contribution in [3.05, 3.63) is 66.5 Å². The number of benzene rings is 2. The van der Waals surface area contributed by atoms with Gasteiger partial charge >= 0.3 is 11.9 Å². The average Bonchev–Trinajstić information content (AvgIpc) is 2.64. The fourth-order valence-electron chi connectivity index (χ4n) is 2.02. The van der Waals surface area contributed by atoms with Gasteiger partial charge in [0.05, 0.1) is 29.0 Å². The van der Waals surface area contributed by atoms with Crippen LogP contribution in [0.1, 0.15) is 36.8 Å². The zero-order valence-electron chi connectivity index (χ0n) is 14.8. The van der Waals surface area contributed by atoms with Crippen molar-refractivity contribution in [2.45, 2.75) is 25.7 Å². The number of methoxy groups -OCH3 is 1. The van der Waals surface area contributed by atoms with Crippen molar-refractivity contribution >= 4 is 67.0 Å². The topological polar surface area (TPSA) is 63.6 Å². The number of ether oxygens (including phenoxy) is 1. The molecule has 146 valence electrons. The van der Waals surface area contributed by atoms with E-state index in [0.29, 0.717) is 15.6 Å². The molecule has 0 amide bonds. The molecular formula is C19H18Br2Cl2O4. The van der Waals surface area contributed by atoms with Crippen LogP contribution in [-0.4, -0.2) is 24.2 Å². The SMILES string of the molecule is CC(C(=O)O)c1ccc(Br)c(Cl)c1.COC(=O)C(C)c1ccc(Br)c(Cl)c1. The Labute approximate surface area is 185 Å². The minimum Gasteiger partial charge on any atom is -0.481 e. The summed E-state index contributed by atoms with van der Waals surface area (Å²) in [5, 5.41) is 9.87. The zero-order chi connectivity index (χ0) is 20.7. The second kappa shape index (κ2) is 11.1. The fraction of sp³-hybridized carbons (Fsp3) is 0.263. The molecule has 0 heterocycles. The van der Waals surface area contributed by atoms with Gasteiger partial charge in [0.1, 0.15) is 0 Å². The number of carbonyl (C=O) groups is 2. The van der Waals surface area contributed by atoms with E-state index in [1.165, 1.54) is 7.11 Å². The van der Waals surface area contributed by atoms with Gasteiger partial charge in [-0.25, -0.2) is 0 Å². The highest BCUT2D eigenvalue weighted by Crippen LogP contribution is 2.28. The Balaban J connectivity index is 0.000000271. The summed E-state index contributed by atoms with van der Waals surface area (Å²) >= 11 is 18.3. The van der Waals surface area contributed by atoms with E-state index in [9.17, 15) is 9.59 Å². The third-order valence-corrected chi connectivity index (χ3v) is 6.28. The van der Waals surface area contributed by atoms with Crippen LogP contribution in [0, 0.1) is 0 Å². The standard InChI is InChI=1S/C10H10BrClO2.C9H8BrClO2/c1-6(10(13)14-2)7-3-4-8(11)9(12)5-7;1-5(9(12)13)6-2-3-7(10)8(11)4-6/h3-6H,1-2H3;2-5H,1H3,(H,12,13). The molecule has 0 radical (unpaired) electrons. The monoisotopic (exact) mass is 538 g/mol. The number of halogens is 4. The lowest BCUT2D eigenvalue weighted by atomic mass is 10.0. The molecule has 0 aromatic heterocycles. The van der Waals surface area contributed by atoms with Gasteiger partial charge in [0, 0.05) is 8.95 Å². The summed E-state index contributed by atoms with van der Waals surface area (Å²) in [5.41, 5.74) is 1.56. The fourth-order valence-corrected chi connectivity index (χ4v) is 2.89. The lowest BCUT2D eigenvalue weighted by Crippen LogP contribution is -2.10. The van der Waals surface area contributed by atoms with Crippen LogP contribution in [0.25, 0.3) is 0 Å². The van der Waals surface area contributed by atoms with Gasteiger partial charge in [-0.3, -0.25) is 9.59 Å². The number of rotatable bonds is 4. The second-order valence-corrected chi connectivity index (χ2v) is 8.17. The van der Waals surface area contributed by atoms with Crippen LogP contribution >= 0.6 is 55.1 Å². The lowest BCUT2D eigenvalue weighted by molar-refractivity contribution is -0.142. The minimum absolute atomic E-state index is 0.261. The highest BCUT2D eigenvalue weighted by Gasteiger charge is 2.16. The van der Waals surface area contributed by atoms with Crippen molar-refractivity contribution < 1.29 is 19.4 Å². The molecule has 0 saturated carbocycles. The summed E-state index contributed by atoms with van der Waals surface area (Å²) in [7, 11) is 1.37. The van der Waals surface area contributed by atoms with Crippen LogP contribution in [-0.2, 0) is 14.3 Å². The van der Waals surface area contributed by atoms with E-state index in [2.05, 4.69) is 36.6 Å². The predicted octanol–water partition coefficient (Wildman–Crippen LogP) is 6.67. The molecule has 4 nitrogen and oxygen atoms in total. The molecule has 2 aromatic carbocycles. The van der Waals surface area contributed by atoms with Crippen molar-refractivity contribution in [3.63, 3.8) is 0 Å². The highest BCUT2D eigenvalue weighted by molar-refractivity contribution is 9.10. The van der Waals surface area contributed by atoms with E-state index in [1.807, 2.05) is 12.1 Å². The number of hydrogen-bond acceptors (Lipinski definition) is 3. The Morgan fingerprint density at radius 2 is 1.33 bits per heavy atom. The summed E-state index contributed by atoms with van der Waals surface area (Å²) in [4.78, 5) is 21.9. The molecule has 27 heavy (non-hydrogen) atoms. The first-order valence-corrected chi connectivity index (χ1v) is 10.1. The van der Waals surface area contributed by atoms with Gasteiger partial charge < -0.3 is 9.84 Å². The molecule has 0 fully saturated rings. The smallest absolute Gasteiger partial charge is 0.312 e. The second-order valence-electron chi connectivity index (χ2n) is 5.65. The first-order chi connectivity index (χ1) is 12.6. The summed E-state index contributed by atoms with van der Waals surface area (Å²) < 4.78 is 6.24. The largest absolute Gasteiger partial charge is 0.481 e. The Hall–Kier alpha value is -1.08. The van der Waals surface area contributed by atoms with Gasteiger partial charge in [-0.2, -0.15) is 0 Å². The summed E-state index contributed by atoms with van der Waals surface area (Å²) in [6.45, 7) is 3.41. The first-order valence-electron chi connectivity index (χ1n) is 7.79. The van der Waals surface area contributed by atoms with Crippen molar-refractivity contribution in [1.29, 1.82) is 0 Å². The normalized spacial score (nSPS) is 12.4. The minimum atomic E-state index is -0.849. The highest BCUT2D eigenvalue weighted by atomic mass is 79.9. The third-order valence-electron chi connectivity index (χ3n) is 3.81. The summed E-state index contributed by atoms with van der Waals surface area (Å²) in [6, 6.07) is 10.6. The van der Waals surface area contributed by atoms with Crippen LogP contribution < -0.4 is 0 Å². The van der Waals surface area contributed by atoms with E-state index >= 15 is 0 Å². The molecule has 0 bridgehead atoms. The summed E-state index contributed by atoms with van der Waals surface area (Å²) in [5.74, 6) is -1.92. The third kappa shape index (κ3) is 7.11. The molecule has 0 aliphatic carbocycles. The molecule has 2 aromatic rings. The van der Waals surface area contributed by atoms with E-state index in [1.54, 1.807) is 38.1 Å². The molecular weight excluding hydrogens is 523 g/mol. The lowest BCUT2D eigenvalue weighted by Gasteiger charge is -2.09. The number of carboxylic acids is 1. The molecule has 0 spiro atoms. The van der Waals surface area contributed by atoms with Gasteiger partial charge in [0.15, 0.2) is 0 Å². The first kappa shape index (κ1) is 24.0. The van der Waals surface area contributed by atoms with Gasteiger partial charge in [-0.1, -0.05) is 35.3 Å². The van der Waals surface area contributed by atoms with Crippen LogP contribution in [0.2, 0.25) is 10.0 Å². The summed E-state index contributed by atoms with van der Waals surface area (Å²) in [6.07, 6.45) is 0.